The number of rotatable bonds is 3. The lowest BCUT2D eigenvalue weighted by atomic mass is 9.51. The second kappa shape index (κ2) is 8.02. The average Bonchev–Trinajstić information content (AvgIpc) is 3.63. The van der Waals surface area contributed by atoms with Gasteiger partial charge < -0.3 is 14.7 Å². The Hall–Kier alpha value is -2.97. The Labute approximate surface area is 213 Å². The van der Waals surface area contributed by atoms with Gasteiger partial charge in [0.15, 0.2) is 0 Å². The lowest BCUT2D eigenvalue weighted by Crippen LogP contribution is -2.69. The molecule has 2 heterocycles. The summed E-state index contributed by atoms with van der Waals surface area (Å²) in [6, 6.07) is 12.1. The van der Waals surface area contributed by atoms with Crippen LogP contribution in [0.5, 0.6) is 11.5 Å². The van der Waals surface area contributed by atoms with Crippen molar-refractivity contribution in [2.24, 2.45) is 11.8 Å². The number of likely N-dealkylation sites (tertiary alicyclic amines) is 1. The zero-order valence-corrected chi connectivity index (χ0v) is 21.2. The number of benzene rings is 2. The molecule has 5 heteroatoms. The highest BCUT2D eigenvalue weighted by Crippen LogP contribution is 2.63. The molecule has 2 bridgehead atoms. The van der Waals surface area contributed by atoms with Crippen molar-refractivity contribution in [3.63, 3.8) is 0 Å². The Balaban J connectivity index is 1.23. The first-order valence-electron chi connectivity index (χ1n) is 13.6. The zero-order chi connectivity index (χ0) is 24.6. The summed E-state index contributed by atoms with van der Waals surface area (Å²) in [5.74, 6) is 8.49. The second-order valence-electron chi connectivity index (χ2n) is 11.8. The molecule has 3 aliphatic carbocycles. The lowest BCUT2D eigenvalue weighted by molar-refractivity contribution is -0.134. The number of likely N-dealkylation sites (N-methyl/N-ethyl adjacent to an activating group) is 1. The van der Waals surface area contributed by atoms with Gasteiger partial charge in [0.2, 0.25) is 0 Å². The summed E-state index contributed by atoms with van der Waals surface area (Å²) in [5.41, 5.74) is 4.20. The van der Waals surface area contributed by atoms with Gasteiger partial charge in [0, 0.05) is 47.7 Å². The molecule has 36 heavy (non-hydrogen) atoms. The first kappa shape index (κ1) is 22.2. The minimum atomic E-state index is -0.155. The van der Waals surface area contributed by atoms with Gasteiger partial charge in [-0.05, 0) is 93.7 Å². The van der Waals surface area contributed by atoms with Crippen LogP contribution in [0.2, 0.25) is 0 Å². The Morgan fingerprint density at radius 1 is 1.22 bits per heavy atom. The molecule has 5 aliphatic rings. The normalized spacial score (nSPS) is 31.6. The maximum absolute atomic E-state index is 13.3. The van der Waals surface area contributed by atoms with Crippen molar-refractivity contribution in [3.8, 4) is 23.3 Å². The monoisotopic (exact) mass is 482 g/mol. The molecule has 1 amide bonds. The van der Waals surface area contributed by atoms with E-state index >= 15 is 0 Å². The van der Waals surface area contributed by atoms with Crippen molar-refractivity contribution in [1.82, 2.24) is 9.80 Å². The third-order valence-corrected chi connectivity index (χ3v) is 9.76. The van der Waals surface area contributed by atoms with E-state index in [0.717, 1.165) is 60.6 Å². The highest BCUT2D eigenvalue weighted by Gasteiger charge is 2.66. The van der Waals surface area contributed by atoms with Crippen molar-refractivity contribution < 1.29 is 14.6 Å². The van der Waals surface area contributed by atoms with Crippen molar-refractivity contribution in [3.05, 3.63) is 58.7 Å². The van der Waals surface area contributed by atoms with Crippen molar-refractivity contribution in [1.29, 1.82) is 0 Å². The molecule has 186 valence electrons. The number of phenolic OH excluding ortho intramolecular Hbond substituents is 1. The van der Waals surface area contributed by atoms with E-state index in [1.54, 1.807) is 6.07 Å². The van der Waals surface area contributed by atoms with Gasteiger partial charge in [-0.1, -0.05) is 18.1 Å². The fourth-order valence-corrected chi connectivity index (χ4v) is 7.95. The highest BCUT2D eigenvalue weighted by atomic mass is 16.5. The number of aromatic hydroxyl groups is 1. The van der Waals surface area contributed by atoms with E-state index in [1.807, 2.05) is 49.2 Å². The first-order valence-corrected chi connectivity index (χ1v) is 13.6. The molecule has 2 aromatic carbocycles. The summed E-state index contributed by atoms with van der Waals surface area (Å²) in [4.78, 5) is 17.8. The number of hydrogen-bond acceptors (Lipinski definition) is 4. The SMILES string of the molecule is Cc1cccc(C#CC(=O)N(C)[C@@H]2CC[C@H]3[C@H]4Cc5c(O)ccc6c5[C@@]3(CCN4CC3CC3)[C@H]2O6)c1. The maximum atomic E-state index is 13.3. The van der Waals surface area contributed by atoms with E-state index in [1.165, 1.54) is 24.9 Å². The molecule has 0 unspecified atom stereocenters. The minimum absolute atomic E-state index is 0.0308. The molecule has 0 radical (unpaired) electrons. The Bertz CT molecular complexity index is 1300. The standard InChI is InChI=1S/C31H34N2O3/c1-19-4-3-5-20(16-19)8-13-28(35)32(2)24-10-9-23-25-17-22-26(34)11-12-27-29(22)31(23,30(24)36-27)14-15-33(25)18-21-6-7-21/h3-5,11-12,16,21,23-25,30,34H,6-7,9-10,14-15,17-18H2,1-2H3/t23-,24+,25+,30-,31-/m0/s1. The van der Waals surface area contributed by atoms with Gasteiger partial charge in [0.1, 0.15) is 17.6 Å². The van der Waals surface area contributed by atoms with Crippen LogP contribution in [-0.2, 0) is 16.6 Å². The van der Waals surface area contributed by atoms with Gasteiger partial charge in [0.25, 0.3) is 5.91 Å². The van der Waals surface area contributed by atoms with Crippen molar-refractivity contribution in [2.45, 2.75) is 69.1 Å². The highest BCUT2D eigenvalue weighted by molar-refractivity contribution is 5.94. The lowest BCUT2D eigenvalue weighted by Gasteiger charge is -2.60. The van der Waals surface area contributed by atoms with E-state index in [0.29, 0.717) is 17.7 Å². The summed E-state index contributed by atoms with van der Waals surface area (Å²) in [6.45, 7) is 4.30. The smallest absolute Gasteiger partial charge is 0.298 e. The molecule has 0 aromatic heterocycles. The third kappa shape index (κ3) is 3.23. The molecule has 5 nitrogen and oxygen atoms in total. The molecule has 1 saturated heterocycles. The number of carbonyl (C=O) groups excluding carboxylic acids is 1. The maximum Gasteiger partial charge on any atom is 0.298 e. The van der Waals surface area contributed by atoms with Crippen LogP contribution in [-0.4, -0.2) is 59.1 Å². The van der Waals surface area contributed by atoms with Crippen LogP contribution in [0, 0.1) is 30.6 Å². The Morgan fingerprint density at radius 3 is 2.89 bits per heavy atom. The molecule has 2 aromatic rings. The summed E-state index contributed by atoms with van der Waals surface area (Å²) in [7, 11) is 1.89. The fraction of sp³-hybridized carbons (Fsp3) is 0.516. The second-order valence-corrected chi connectivity index (χ2v) is 11.8. The molecular formula is C31H34N2O3. The molecular weight excluding hydrogens is 448 g/mol. The fourth-order valence-electron chi connectivity index (χ4n) is 7.95. The molecule has 2 saturated carbocycles. The van der Waals surface area contributed by atoms with Crippen LogP contribution < -0.4 is 4.74 Å². The number of piperidine rings is 1. The minimum Gasteiger partial charge on any atom is -0.508 e. The zero-order valence-electron chi connectivity index (χ0n) is 21.2. The quantitative estimate of drug-likeness (QED) is 0.672. The van der Waals surface area contributed by atoms with Gasteiger partial charge in [-0.2, -0.15) is 0 Å². The van der Waals surface area contributed by atoms with E-state index in [2.05, 4.69) is 16.7 Å². The topological polar surface area (TPSA) is 53.0 Å². The average molecular weight is 483 g/mol. The van der Waals surface area contributed by atoms with Gasteiger partial charge in [-0.15, -0.1) is 0 Å². The molecule has 1 N–H and O–H groups in total. The van der Waals surface area contributed by atoms with E-state index in [-0.39, 0.29) is 23.5 Å². The predicted molar refractivity (Wildman–Crippen MR) is 138 cm³/mol. The number of amides is 1. The summed E-state index contributed by atoms with van der Waals surface area (Å²) < 4.78 is 6.75. The summed E-state index contributed by atoms with van der Waals surface area (Å²) in [5, 5.41) is 10.9. The summed E-state index contributed by atoms with van der Waals surface area (Å²) in [6.07, 6.45) is 6.56. The number of phenols is 1. The molecule has 1 spiro atoms. The van der Waals surface area contributed by atoms with Crippen LogP contribution in [0.4, 0.5) is 0 Å². The molecule has 5 atom stereocenters. The first-order chi connectivity index (χ1) is 17.5. The van der Waals surface area contributed by atoms with Crippen LogP contribution in [0.25, 0.3) is 0 Å². The number of hydrogen-bond donors (Lipinski definition) is 1. The molecule has 3 fully saturated rings. The molecule has 7 rings (SSSR count). The van der Waals surface area contributed by atoms with Gasteiger partial charge in [0.05, 0.1) is 6.04 Å². The van der Waals surface area contributed by atoms with E-state index in [9.17, 15) is 9.90 Å². The van der Waals surface area contributed by atoms with Gasteiger partial charge in [-0.3, -0.25) is 9.69 Å². The van der Waals surface area contributed by atoms with E-state index in [4.69, 9.17) is 4.74 Å². The van der Waals surface area contributed by atoms with Gasteiger partial charge in [-0.25, -0.2) is 0 Å². The van der Waals surface area contributed by atoms with E-state index < -0.39 is 0 Å². The van der Waals surface area contributed by atoms with Crippen LogP contribution in [0.15, 0.2) is 36.4 Å². The summed E-state index contributed by atoms with van der Waals surface area (Å²) >= 11 is 0. The van der Waals surface area contributed by atoms with Crippen molar-refractivity contribution >= 4 is 5.91 Å². The number of ether oxygens (including phenoxy) is 1. The number of nitrogens with zero attached hydrogens (tertiary/aromatic N) is 2. The third-order valence-electron chi connectivity index (χ3n) is 9.76. The molecule has 2 aliphatic heterocycles. The number of aryl methyl sites for hydroxylation is 1. The van der Waals surface area contributed by atoms with Crippen LogP contribution in [0.3, 0.4) is 0 Å². The Kier molecular flexibility index (Phi) is 4.95. The Morgan fingerprint density at radius 2 is 2.08 bits per heavy atom. The van der Waals surface area contributed by atoms with Crippen LogP contribution >= 0.6 is 0 Å². The van der Waals surface area contributed by atoms with Crippen LogP contribution in [0.1, 0.15) is 54.4 Å². The largest absolute Gasteiger partial charge is 0.508 e. The predicted octanol–water partition coefficient (Wildman–Crippen LogP) is 4.03. The van der Waals surface area contributed by atoms with Gasteiger partial charge >= 0.3 is 0 Å². The van der Waals surface area contributed by atoms with Crippen molar-refractivity contribution in [2.75, 3.05) is 20.1 Å². The number of carbonyl (C=O) groups is 1.